The quantitative estimate of drug-likeness (QED) is 0.302. The van der Waals surface area contributed by atoms with Gasteiger partial charge in [0.25, 0.3) is 10.0 Å². The standard InChI is InChI=1S/C27H31ClN2O8S/c1-18-6-7-20(14-22(18)28)38-13-12-29-27(31)17-30(23-15-19(34-2)8-10-24(23)35-3)39(32,33)21-9-11-25(36-4)26(16-21)37-5/h6-11,14-16H,12-13,17H2,1-5H3,(H,29,31). The zero-order valence-electron chi connectivity index (χ0n) is 22.3. The van der Waals surface area contributed by atoms with E-state index in [9.17, 15) is 13.2 Å². The highest BCUT2D eigenvalue weighted by molar-refractivity contribution is 7.92. The predicted octanol–water partition coefficient (Wildman–Crippen LogP) is 4.07. The molecule has 3 aromatic carbocycles. The number of carbonyl (C=O) groups excluding carboxylic acids is 1. The van der Waals surface area contributed by atoms with Crippen molar-refractivity contribution < 1.29 is 36.9 Å². The molecule has 0 heterocycles. The molecule has 0 aliphatic carbocycles. The fourth-order valence-electron chi connectivity index (χ4n) is 3.60. The van der Waals surface area contributed by atoms with E-state index in [1.165, 1.54) is 52.7 Å². The molecule has 0 saturated carbocycles. The molecule has 0 spiro atoms. The van der Waals surface area contributed by atoms with Gasteiger partial charge >= 0.3 is 0 Å². The van der Waals surface area contributed by atoms with Gasteiger partial charge in [-0.05, 0) is 48.9 Å². The van der Waals surface area contributed by atoms with Crippen LogP contribution in [0.3, 0.4) is 0 Å². The summed E-state index contributed by atoms with van der Waals surface area (Å²) >= 11 is 6.12. The third-order valence-corrected chi connectivity index (χ3v) is 7.88. The van der Waals surface area contributed by atoms with Crippen LogP contribution in [-0.2, 0) is 14.8 Å². The maximum Gasteiger partial charge on any atom is 0.265 e. The van der Waals surface area contributed by atoms with Crippen molar-refractivity contribution >= 4 is 33.2 Å². The number of nitrogens with one attached hydrogen (secondary N) is 1. The van der Waals surface area contributed by atoms with Crippen molar-refractivity contribution in [1.29, 1.82) is 0 Å². The van der Waals surface area contributed by atoms with Gasteiger partial charge in [0, 0.05) is 17.2 Å². The minimum atomic E-state index is -4.29. The molecule has 0 aliphatic heterocycles. The molecule has 0 radical (unpaired) electrons. The van der Waals surface area contributed by atoms with Gasteiger partial charge in [-0.25, -0.2) is 8.42 Å². The van der Waals surface area contributed by atoms with Crippen LogP contribution in [0.5, 0.6) is 28.7 Å². The van der Waals surface area contributed by atoms with Gasteiger partial charge < -0.3 is 29.0 Å². The number of carbonyl (C=O) groups is 1. The topological polar surface area (TPSA) is 113 Å². The highest BCUT2D eigenvalue weighted by atomic mass is 35.5. The average Bonchev–Trinajstić information content (AvgIpc) is 2.94. The Hall–Kier alpha value is -3.83. The van der Waals surface area contributed by atoms with E-state index in [0.29, 0.717) is 22.3 Å². The van der Waals surface area contributed by atoms with E-state index in [1.807, 2.05) is 13.0 Å². The van der Waals surface area contributed by atoms with E-state index < -0.39 is 22.5 Å². The Kier molecular flexibility index (Phi) is 10.1. The Bertz CT molecular complexity index is 1410. The van der Waals surface area contributed by atoms with Crippen molar-refractivity contribution in [2.24, 2.45) is 0 Å². The highest BCUT2D eigenvalue weighted by Crippen LogP contribution is 2.37. The molecule has 0 unspecified atom stereocenters. The molecular weight excluding hydrogens is 548 g/mol. The van der Waals surface area contributed by atoms with Crippen LogP contribution in [0.4, 0.5) is 5.69 Å². The van der Waals surface area contributed by atoms with Gasteiger partial charge in [0.15, 0.2) is 11.5 Å². The number of ether oxygens (including phenoxy) is 5. The van der Waals surface area contributed by atoms with Gasteiger partial charge in [-0.3, -0.25) is 9.10 Å². The molecule has 12 heteroatoms. The number of benzene rings is 3. The summed E-state index contributed by atoms with van der Waals surface area (Å²) < 4.78 is 55.6. The molecule has 0 atom stereocenters. The third kappa shape index (κ3) is 7.18. The van der Waals surface area contributed by atoms with Crippen LogP contribution in [0.25, 0.3) is 0 Å². The van der Waals surface area contributed by atoms with Crippen molar-refractivity contribution in [3.63, 3.8) is 0 Å². The molecule has 0 aromatic heterocycles. The summed E-state index contributed by atoms with van der Waals surface area (Å²) in [6.07, 6.45) is 0. The molecule has 0 bridgehead atoms. The van der Waals surface area contributed by atoms with Gasteiger partial charge in [-0.15, -0.1) is 0 Å². The van der Waals surface area contributed by atoms with Crippen molar-refractivity contribution in [3.8, 4) is 28.7 Å². The number of hydrogen-bond donors (Lipinski definition) is 1. The van der Waals surface area contributed by atoms with E-state index in [1.54, 1.807) is 24.3 Å². The van der Waals surface area contributed by atoms with Gasteiger partial charge in [0.2, 0.25) is 5.91 Å². The van der Waals surface area contributed by atoms with Gasteiger partial charge in [-0.2, -0.15) is 0 Å². The van der Waals surface area contributed by atoms with E-state index >= 15 is 0 Å². The van der Waals surface area contributed by atoms with Crippen LogP contribution in [0.15, 0.2) is 59.5 Å². The summed E-state index contributed by atoms with van der Waals surface area (Å²) in [6.45, 7) is 1.61. The number of sulfonamides is 1. The SMILES string of the molecule is COc1ccc(OC)c(N(CC(=O)NCCOc2ccc(C)c(Cl)c2)S(=O)(=O)c2ccc(OC)c(OC)c2)c1. The molecule has 3 aromatic rings. The van der Waals surface area contributed by atoms with Crippen LogP contribution in [0.1, 0.15) is 5.56 Å². The summed E-state index contributed by atoms with van der Waals surface area (Å²) in [6, 6.07) is 14.1. The Labute approximate surface area is 233 Å². The lowest BCUT2D eigenvalue weighted by Crippen LogP contribution is -2.42. The number of rotatable bonds is 13. The van der Waals surface area contributed by atoms with E-state index in [0.717, 1.165) is 9.87 Å². The van der Waals surface area contributed by atoms with Crippen molar-refractivity contribution in [1.82, 2.24) is 5.32 Å². The summed E-state index contributed by atoms with van der Waals surface area (Å²) in [4.78, 5) is 12.9. The van der Waals surface area contributed by atoms with E-state index in [4.69, 9.17) is 35.3 Å². The van der Waals surface area contributed by atoms with Gasteiger partial charge in [0.1, 0.15) is 30.4 Å². The highest BCUT2D eigenvalue weighted by Gasteiger charge is 2.31. The first kappa shape index (κ1) is 29.7. The molecule has 0 aliphatic rings. The molecule has 1 N–H and O–H groups in total. The van der Waals surface area contributed by atoms with Crippen molar-refractivity contribution in [3.05, 3.63) is 65.2 Å². The van der Waals surface area contributed by atoms with Crippen LogP contribution in [0, 0.1) is 6.92 Å². The van der Waals surface area contributed by atoms with Gasteiger partial charge in [0.05, 0.1) is 45.6 Å². The summed E-state index contributed by atoms with van der Waals surface area (Å²) in [5.74, 6) is 1.17. The minimum absolute atomic E-state index is 0.114. The second-order valence-corrected chi connectivity index (χ2v) is 10.4. The predicted molar refractivity (Wildman–Crippen MR) is 148 cm³/mol. The lowest BCUT2D eigenvalue weighted by atomic mass is 10.2. The number of aryl methyl sites for hydroxylation is 1. The molecule has 210 valence electrons. The number of anilines is 1. The van der Waals surface area contributed by atoms with Crippen LogP contribution >= 0.6 is 11.6 Å². The first-order chi connectivity index (χ1) is 18.6. The number of hydrogen-bond acceptors (Lipinski definition) is 8. The second kappa shape index (κ2) is 13.3. The van der Waals surface area contributed by atoms with Crippen LogP contribution in [-0.4, -0.2) is 62.5 Å². The van der Waals surface area contributed by atoms with E-state index in [2.05, 4.69) is 5.32 Å². The monoisotopic (exact) mass is 578 g/mol. The van der Waals surface area contributed by atoms with Crippen LogP contribution < -0.4 is 33.3 Å². The second-order valence-electron chi connectivity index (χ2n) is 8.18. The summed E-state index contributed by atoms with van der Waals surface area (Å²) in [5.41, 5.74) is 1.04. The molecule has 39 heavy (non-hydrogen) atoms. The molecule has 0 fully saturated rings. The molecule has 1 amide bonds. The Morgan fingerprint density at radius 2 is 1.51 bits per heavy atom. The first-order valence-corrected chi connectivity index (χ1v) is 13.6. The molecule has 3 rings (SSSR count). The Morgan fingerprint density at radius 3 is 2.15 bits per heavy atom. The van der Waals surface area contributed by atoms with E-state index in [-0.39, 0.29) is 35.2 Å². The zero-order chi connectivity index (χ0) is 28.6. The maximum atomic E-state index is 13.9. The lowest BCUT2D eigenvalue weighted by Gasteiger charge is -2.26. The lowest BCUT2D eigenvalue weighted by molar-refractivity contribution is -0.119. The molecule has 0 saturated heterocycles. The average molecular weight is 579 g/mol. The first-order valence-electron chi connectivity index (χ1n) is 11.8. The minimum Gasteiger partial charge on any atom is -0.497 e. The summed E-state index contributed by atoms with van der Waals surface area (Å²) in [7, 11) is 1.41. The zero-order valence-corrected chi connectivity index (χ0v) is 23.9. The number of nitrogens with zero attached hydrogens (tertiary/aromatic N) is 1. The number of halogens is 1. The van der Waals surface area contributed by atoms with Crippen molar-refractivity contribution in [2.75, 3.05) is 52.4 Å². The third-order valence-electron chi connectivity index (χ3n) is 5.72. The molecular formula is C27H31ClN2O8S. The van der Waals surface area contributed by atoms with Crippen molar-refractivity contribution in [2.45, 2.75) is 11.8 Å². The number of amides is 1. The smallest absolute Gasteiger partial charge is 0.265 e. The van der Waals surface area contributed by atoms with Gasteiger partial charge in [-0.1, -0.05) is 17.7 Å². The molecule has 10 nitrogen and oxygen atoms in total. The maximum absolute atomic E-state index is 13.9. The Morgan fingerprint density at radius 1 is 0.846 bits per heavy atom. The Balaban J connectivity index is 1.87. The largest absolute Gasteiger partial charge is 0.497 e. The fourth-order valence-corrected chi connectivity index (χ4v) is 5.21. The fraction of sp³-hybridized carbons (Fsp3) is 0.296. The number of methoxy groups -OCH3 is 4. The normalized spacial score (nSPS) is 10.9. The summed E-state index contributed by atoms with van der Waals surface area (Å²) in [5, 5.41) is 3.26. The van der Waals surface area contributed by atoms with Crippen LogP contribution in [0.2, 0.25) is 5.02 Å².